The van der Waals surface area contributed by atoms with Crippen molar-refractivity contribution in [3.8, 4) is 0 Å². The maximum Gasteiger partial charge on any atom is 0.0861 e. The van der Waals surface area contributed by atoms with E-state index in [2.05, 4.69) is 24.3 Å². The van der Waals surface area contributed by atoms with Crippen LogP contribution in [0.2, 0.25) is 0 Å². The van der Waals surface area contributed by atoms with E-state index in [-0.39, 0.29) is 0 Å². The van der Waals surface area contributed by atoms with Crippen LogP contribution < -0.4 is 0 Å². The smallest absolute Gasteiger partial charge is 0.0861 e. The minimum absolute atomic E-state index is 0.730. The predicted molar refractivity (Wildman–Crippen MR) is 100 cm³/mol. The second kappa shape index (κ2) is 6.96. The third-order valence-corrected chi connectivity index (χ3v) is 6.83. The second-order valence-electron chi connectivity index (χ2n) is 5.97. The first kappa shape index (κ1) is 15.7. The van der Waals surface area contributed by atoms with Crippen molar-refractivity contribution < 1.29 is 4.21 Å². The van der Waals surface area contributed by atoms with Gasteiger partial charge in [0, 0.05) is 14.7 Å². The van der Waals surface area contributed by atoms with Crippen LogP contribution in [0.25, 0.3) is 0 Å². The first-order valence-corrected chi connectivity index (χ1v) is 10.1. The molecule has 0 radical (unpaired) electrons. The standard InChI is InChI=1S/C21H18OS2/c22-24(19-14-12-17(13-15-19)16-10-11-16)21-9-5-4-8-20(21)23-18-6-2-1-3-7-18/h1-9,12-16H,10-11H2. The van der Waals surface area contributed by atoms with Crippen LogP contribution in [0.5, 0.6) is 0 Å². The molecule has 1 unspecified atom stereocenters. The van der Waals surface area contributed by atoms with E-state index in [4.69, 9.17) is 0 Å². The fourth-order valence-electron chi connectivity index (χ4n) is 2.71. The quantitative estimate of drug-likeness (QED) is 0.571. The van der Waals surface area contributed by atoms with Crippen LogP contribution in [0.3, 0.4) is 0 Å². The van der Waals surface area contributed by atoms with Crippen LogP contribution in [-0.2, 0) is 10.8 Å². The summed E-state index contributed by atoms with van der Waals surface area (Å²) in [4.78, 5) is 3.96. The van der Waals surface area contributed by atoms with Crippen molar-refractivity contribution in [2.45, 2.75) is 38.3 Å². The van der Waals surface area contributed by atoms with Gasteiger partial charge >= 0.3 is 0 Å². The Bertz CT molecular complexity index is 853. The van der Waals surface area contributed by atoms with Gasteiger partial charge < -0.3 is 0 Å². The van der Waals surface area contributed by atoms with Crippen molar-refractivity contribution in [3.63, 3.8) is 0 Å². The number of hydrogen-bond acceptors (Lipinski definition) is 2. The van der Waals surface area contributed by atoms with Gasteiger partial charge in [-0.05, 0) is 60.7 Å². The number of rotatable bonds is 5. The van der Waals surface area contributed by atoms with E-state index in [0.717, 1.165) is 25.5 Å². The molecule has 3 heteroatoms. The van der Waals surface area contributed by atoms with Crippen LogP contribution in [0.15, 0.2) is 98.4 Å². The van der Waals surface area contributed by atoms with Crippen molar-refractivity contribution in [1.29, 1.82) is 0 Å². The Morgan fingerprint density at radius 3 is 2.17 bits per heavy atom. The highest BCUT2D eigenvalue weighted by Gasteiger charge is 2.23. The number of hydrogen-bond donors (Lipinski definition) is 0. The fourth-order valence-corrected chi connectivity index (χ4v) is 5.01. The highest BCUT2D eigenvalue weighted by Crippen LogP contribution is 2.40. The third kappa shape index (κ3) is 3.47. The van der Waals surface area contributed by atoms with Crippen molar-refractivity contribution >= 4 is 22.6 Å². The molecular formula is C21H18OS2. The van der Waals surface area contributed by atoms with Crippen molar-refractivity contribution in [1.82, 2.24) is 0 Å². The fraction of sp³-hybridized carbons (Fsp3) is 0.143. The summed E-state index contributed by atoms with van der Waals surface area (Å²) < 4.78 is 13.1. The SMILES string of the molecule is O=S(c1ccc(C2CC2)cc1)c1ccccc1Sc1ccccc1. The highest BCUT2D eigenvalue weighted by atomic mass is 32.2. The first-order valence-electron chi connectivity index (χ1n) is 8.15. The lowest BCUT2D eigenvalue weighted by Gasteiger charge is -2.09. The van der Waals surface area contributed by atoms with E-state index in [0.29, 0.717) is 0 Å². The molecule has 1 aliphatic rings. The summed E-state index contributed by atoms with van der Waals surface area (Å²) >= 11 is 1.66. The van der Waals surface area contributed by atoms with E-state index in [1.807, 2.05) is 54.6 Å². The lowest BCUT2D eigenvalue weighted by Crippen LogP contribution is -1.95. The van der Waals surface area contributed by atoms with Gasteiger partial charge in [0.1, 0.15) is 0 Å². The van der Waals surface area contributed by atoms with Gasteiger partial charge in [-0.3, -0.25) is 0 Å². The normalized spacial score (nSPS) is 15.2. The van der Waals surface area contributed by atoms with Gasteiger partial charge in [0.05, 0.1) is 15.7 Å². The Morgan fingerprint density at radius 1 is 0.792 bits per heavy atom. The zero-order chi connectivity index (χ0) is 16.4. The Labute approximate surface area is 149 Å². The van der Waals surface area contributed by atoms with Gasteiger partial charge in [-0.1, -0.05) is 54.2 Å². The molecule has 0 saturated heterocycles. The maximum atomic E-state index is 13.1. The molecular weight excluding hydrogens is 332 g/mol. The molecule has 3 aromatic carbocycles. The van der Waals surface area contributed by atoms with Gasteiger partial charge in [0.25, 0.3) is 0 Å². The summed E-state index contributed by atoms with van der Waals surface area (Å²) in [7, 11) is -1.15. The third-order valence-electron chi connectivity index (χ3n) is 4.16. The molecule has 0 aromatic heterocycles. The van der Waals surface area contributed by atoms with E-state index < -0.39 is 10.8 Å². The minimum Gasteiger partial charge on any atom is -0.249 e. The summed E-state index contributed by atoms with van der Waals surface area (Å²) in [6, 6.07) is 26.5. The molecule has 1 fully saturated rings. The van der Waals surface area contributed by atoms with Crippen LogP contribution in [0.1, 0.15) is 24.3 Å². The van der Waals surface area contributed by atoms with E-state index in [9.17, 15) is 4.21 Å². The second-order valence-corrected chi connectivity index (χ2v) is 8.54. The predicted octanol–water partition coefficient (Wildman–Crippen LogP) is 5.88. The van der Waals surface area contributed by atoms with Gasteiger partial charge in [0.2, 0.25) is 0 Å². The molecule has 24 heavy (non-hydrogen) atoms. The monoisotopic (exact) mass is 350 g/mol. The molecule has 0 N–H and O–H groups in total. The topological polar surface area (TPSA) is 17.1 Å². The van der Waals surface area contributed by atoms with E-state index in [1.165, 1.54) is 18.4 Å². The lowest BCUT2D eigenvalue weighted by atomic mass is 10.1. The summed E-state index contributed by atoms with van der Waals surface area (Å²) in [6.07, 6.45) is 2.58. The summed E-state index contributed by atoms with van der Waals surface area (Å²) in [5.74, 6) is 0.730. The van der Waals surface area contributed by atoms with Crippen LogP contribution in [0.4, 0.5) is 0 Å². The maximum absolute atomic E-state index is 13.1. The van der Waals surface area contributed by atoms with Gasteiger partial charge in [-0.25, -0.2) is 4.21 Å². The van der Waals surface area contributed by atoms with Crippen molar-refractivity contribution in [2.75, 3.05) is 0 Å². The molecule has 0 aliphatic heterocycles. The molecule has 0 amide bonds. The molecule has 1 nitrogen and oxygen atoms in total. The molecule has 0 heterocycles. The minimum atomic E-state index is -1.15. The first-order chi connectivity index (χ1) is 11.8. The Kier molecular flexibility index (Phi) is 4.54. The number of benzene rings is 3. The summed E-state index contributed by atoms with van der Waals surface area (Å²) in [6.45, 7) is 0. The van der Waals surface area contributed by atoms with Crippen LogP contribution >= 0.6 is 11.8 Å². The molecule has 3 aromatic rings. The lowest BCUT2D eigenvalue weighted by molar-refractivity contribution is 0.681. The molecule has 120 valence electrons. The molecule has 4 rings (SSSR count). The van der Waals surface area contributed by atoms with Gasteiger partial charge in [-0.15, -0.1) is 0 Å². The molecule has 1 saturated carbocycles. The molecule has 0 spiro atoms. The average Bonchev–Trinajstić information content (AvgIpc) is 3.48. The Balaban J connectivity index is 1.62. The summed E-state index contributed by atoms with van der Waals surface area (Å²) in [5, 5.41) is 0. The van der Waals surface area contributed by atoms with Gasteiger partial charge in [-0.2, -0.15) is 0 Å². The average molecular weight is 351 g/mol. The van der Waals surface area contributed by atoms with Gasteiger partial charge in [0.15, 0.2) is 0 Å². The zero-order valence-corrected chi connectivity index (χ0v) is 14.9. The van der Waals surface area contributed by atoms with Crippen LogP contribution in [-0.4, -0.2) is 4.21 Å². The summed E-state index contributed by atoms with van der Waals surface area (Å²) in [5.41, 5.74) is 1.38. The molecule has 0 bridgehead atoms. The van der Waals surface area contributed by atoms with E-state index in [1.54, 1.807) is 11.8 Å². The van der Waals surface area contributed by atoms with Crippen molar-refractivity contribution in [2.24, 2.45) is 0 Å². The Morgan fingerprint density at radius 2 is 1.46 bits per heavy atom. The Hall–Kier alpha value is -1.84. The highest BCUT2D eigenvalue weighted by molar-refractivity contribution is 8.00. The zero-order valence-electron chi connectivity index (χ0n) is 13.2. The van der Waals surface area contributed by atoms with Crippen LogP contribution in [0, 0.1) is 0 Å². The largest absolute Gasteiger partial charge is 0.249 e. The van der Waals surface area contributed by atoms with E-state index >= 15 is 0 Å². The molecule has 1 atom stereocenters. The van der Waals surface area contributed by atoms with Crippen molar-refractivity contribution in [3.05, 3.63) is 84.4 Å². The molecule has 1 aliphatic carbocycles.